The maximum atomic E-state index is 12.4. The van der Waals surface area contributed by atoms with Gasteiger partial charge >= 0.3 is 0 Å². The molecule has 0 unspecified atom stereocenters. The predicted octanol–water partition coefficient (Wildman–Crippen LogP) is 3.00. The van der Waals surface area contributed by atoms with Crippen LogP contribution < -0.4 is 0 Å². The van der Waals surface area contributed by atoms with Gasteiger partial charge in [0.15, 0.2) is 0 Å². The zero-order valence-corrected chi connectivity index (χ0v) is 13.2. The average molecular weight is 308 g/mol. The molecule has 0 radical (unpaired) electrons. The van der Waals surface area contributed by atoms with Crippen LogP contribution in [0.15, 0.2) is 54.7 Å². The first-order valence-electron chi connectivity index (χ1n) is 7.78. The second kappa shape index (κ2) is 7.20. The molecule has 4 heteroatoms. The fourth-order valence-electron chi connectivity index (χ4n) is 2.66. The van der Waals surface area contributed by atoms with Gasteiger partial charge in [-0.1, -0.05) is 30.3 Å². The van der Waals surface area contributed by atoms with Crippen LogP contribution in [0.2, 0.25) is 0 Å². The van der Waals surface area contributed by atoms with Crippen molar-refractivity contribution in [2.24, 2.45) is 0 Å². The Labute approximate surface area is 136 Å². The van der Waals surface area contributed by atoms with Crippen molar-refractivity contribution in [3.05, 3.63) is 71.6 Å². The summed E-state index contributed by atoms with van der Waals surface area (Å²) in [5.41, 5.74) is 3.05. The largest absolute Gasteiger partial charge is 0.370 e. The highest BCUT2D eigenvalue weighted by molar-refractivity contribution is 5.91. The molecule has 2 heterocycles. The first-order chi connectivity index (χ1) is 11.2. The van der Waals surface area contributed by atoms with Crippen molar-refractivity contribution in [2.45, 2.75) is 13.0 Å². The second-order valence-electron chi connectivity index (χ2n) is 5.62. The van der Waals surface area contributed by atoms with Crippen molar-refractivity contribution in [3.63, 3.8) is 0 Å². The Hall–Kier alpha value is -2.46. The number of benzene rings is 1. The van der Waals surface area contributed by atoms with Crippen LogP contribution >= 0.6 is 0 Å². The van der Waals surface area contributed by atoms with Gasteiger partial charge < -0.3 is 9.64 Å². The fourth-order valence-corrected chi connectivity index (χ4v) is 2.66. The molecule has 1 aliphatic rings. The van der Waals surface area contributed by atoms with Crippen molar-refractivity contribution < 1.29 is 9.53 Å². The quantitative estimate of drug-likeness (QED) is 0.819. The number of carbonyl (C=O) groups excluding carboxylic acids is 1. The summed E-state index contributed by atoms with van der Waals surface area (Å²) in [6.07, 6.45) is 5.18. The van der Waals surface area contributed by atoms with Crippen LogP contribution in [0.25, 0.3) is 6.08 Å². The molecule has 0 bridgehead atoms. The molecule has 1 aliphatic heterocycles. The van der Waals surface area contributed by atoms with Gasteiger partial charge in [0.05, 0.1) is 13.2 Å². The predicted molar refractivity (Wildman–Crippen MR) is 89.7 cm³/mol. The Morgan fingerprint density at radius 1 is 1.30 bits per heavy atom. The summed E-state index contributed by atoms with van der Waals surface area (Å²) in [6, 6.07) is 13.8. The van der Waals surface area contributed by atoms with E-state index in [-0.39, 0.29) is 12.0 Å². The third-order valence-electron chi connectivity index (χ3n) is 3.89. The van der Waals surface area contributed by atoms with E-state index in [0.29, 0.717) is 19.7 Å². The molecule has 1 aromatic heterocycles. The highest BCUT2D eigenvalue weighted by Crippen LogP contribution is 2.22. The summed E-state index contributed by atoms with van der Waals surface area (Å²) in [5, 5.41) is 0. The van der Waals surface area contributed by atoms with Crippen LogP contribution in [0.5, 0.6) is 0 Å². The molecular formula is C19H20N2O2. The molecule has 1 aromatic carbocycles. The smallest absolute Gasteiger partial charge is 0.246 e. The van der Waals surface area contributed by atoms with Gasteiger partial charge in [-0.3, -0.25) is 9.78 Å². The first-order valence-corrected chi connectivity index (χ1v) is 7.78. The van der Waals surface area contributed by atoms with E-state index in [1.807, 2.05) is 60.4 Å². The van der Waals surface area contributed by atoms with Gasteiger partial charge in [-0.05, 0) is 36.3 Å². The number of nitrogens with zero attached hydrogens (tertiary/aromatic N) is 2. The Morgan fingerprint density at radius 3 is 2.91 bits per heavy atom. The lowest BCUT2D eigenvalue weighted by atomic mass is 10.1. The topological polar surface area (TPSA) is 42.4 Å². The Kier molecular flexibility index (Phi) is 4.83. The number of ether oxygens (including phenoxy) is 1. The van der Waals surface area contributed by atoms with E-state index in [9.17, 15) is 4.79 Å². The summed E-state index contributed by atoms with van der Waals surface area (Å²) in [4.78, 5) is 18.4. The van der Waals surface area contributed by atoms with E-state index in [0.717, 1.165) is 16.8 Å². The fraction of sp³-hybridized carbons (Fsp3) is 0.263. The number of rotatable bonds is 3. The van der Waals surface area contributed by atoms with E-state index in [1.54, 1.807) is 12.3 Å². The normalized spacial score (nSPS) is 18.3. The lowest BCUT2D eigenvalue weighted by Crippen LogP contribution is -2.41. The van der Waals surface area contributed by atoms with Crippen LogP contribution in [-0.2, 0) is 9.53 Å². The average Bonchev–Trinajstić information content (AvgIpc) is 2.61. The van der Waals surface area contributed by atoms with Gasteiger partial charge in [0.2, 0.25) is 5.91 Å². The summed E-state index contributed by atoms with van der Waals surface area (Å²) in [6.45, 7) is 3.70. The zero-order valence-electron chi connectivity index (χ0n) is 13.2. The summed E-state index contributed by atoms with van der Waals surface area (Å²) < 4.78 is 5.82. The molecule has 4 nitrogen and oxygen atoms in total. The van der Waals surface area contributed by atoms with E-state index < -0.39 is 0 Å². The van der Waals surface area contributed by atoms with Crippen LogP contribution in [0.3, 0.4) is 0 Å². The van der Waals surface area contributed by atoms with Crippen LogP contribution in [0.1, 0.15) is 22.9 Å². The van der Waals surface area contributed by atoms with Crippen molar-refractivity contribution in [3.8, 4) is 0 Å². The molecule has 2 aromatic rings. The van der Waals surface area contributed by atoms with Crippen LogP contribution in [0, 0.1) is 6.92 Å². The van der Waals surface area contributed by atoms with E-state index in [2.05, 4.69) is 4.98 Å². The third kappa shape index (κ3) is 4.05. The highest BCUT2D eigenvalue weighted by Gasteiger charge is 2.24. The van der Waals surface area contributed by atoms with Crippen molar-refractivity contribution in [1.82, 2.24) is 9.88 Å². The van der Waals surface area contributed by atoms with Gasteiger partial charge in [0.25, 0.3) is 0 Å². The molecular weight excluding hydrogens is 288 g/mol. The second-order valence-corrected chi connectivity index (χ2v) is 5.62. The molecule has 1 saturated heterocycles. The standard InChI is InChI=1S/C19H20N2O2/c1-15-13-17(9-10-20-15)18-14-21(11-12-23-18)19(22)8-7-16-5-3-2-4-6-16/h2-10,13,18H,11-12,14H2,1H3/b8-7+/t18-/m0/s1. The number of hydrogen-bond acceptors (Lipinski definition) is 3. The monoisotopic (exact) mass is 308 g/mol. The Morgan fingerprint density at radius 2 is 2.13 bits per heavy atom. The molecule has 0 spiro atoms. The molecule has 23 heavy (non-hydrogen) atoms. The van der Waals surface area contributed by atoms with Crippen molar-refractivity contribution in [1.29, 1.82) is 0 Å². The van der Waals surface area contributed by atoms with Gasteiger partial charge in [0, 0.05) is 24.5 Å². The first kappa shape index (κ1) is 15.4. The lowest BCUT2D eigenvalue weighted by Gasteiger charge is -2.32. The van der Waals surface area contributed by atoms with Crippen LogP contribution in [-0.4, -0.2) is 35.5 Å². The molecule has 0 saturated carbocycles. The minimum Gasteiger partial charge on any atom is -0.370 e. The number of aromatic nitrogens is 1. The molecule has 0 N–H and O–H groups in total. The minimum atomic E-state index is -0.0838. The molecule has 1 fully saturated rings. The lowest BCUT2D eigenvalue weighted by molar-refractivity contribution is -0.133. The molecule has 3 rings (SSSR count). The maximum absolute atomic E-state index is 12.4. The number of aryl methyl sites for hydroxylation is 1. The molecule has 118 valence electrons. The third-order valence-corrected chi connectivity index (χ3v) is 3.89. The SMILES string of the molecule is Cc1cc([C@@H]2CN(C(=O)/C=C/c3ccccc3)CCO2)ccn1. The highest BCUT2D eigenvalue weighted by atomic mass is 16.5. The van der Waals surface area contributed by atoms with Gasteiger partial charge in [-0.2, -0.15) is 0 Å². The summed E-state index contributed by atoms with van der Waals surface area (Å²) >= 11 is 0. The Bertz CT molecular complexity index is 698. The van der Waals surface area contributed by atoms with Crippen molar-refractivity contribution in [2.75, 3.05) is 19.7 Å². The summed E-state index contributed by atoms with van der Waals surface area (Å²) in [7, 11) is 0. The van der Waals surface area contributed by atoms with Crippen molar-refractivity contribution >= 4 is 12.0 Å². The van der Waals surface area contributed by atoms with Gasteiger partial charge in [-0.15, -0.1) is 0 Å². The van der Waals surface area contributed by atoms with Gasteiger partial charge in [-0.25, -0.2) is 0 Å². The van der Waals surface area contributed by atoms with Gasteiger partial charge in [0.1, 0.15) is 6.10 Å². The molecule has 1 amide bonds. The number of amides is 1. The van der Waals surface area contributed by atoms with E-state index in [1.165, 1.54) is 0 Å². The molecule has 1 atom stereocenters. The number of morpholine rings is 1. The zero-order chi connectivity index (χ0) is 16.1. The summed E-state index contributed by atoms with van der Waals surface area (Å²) in [5.74, 6) is 0.0212. The Balaban J connectivity index is 1.66. The van der Waals surface area contributed by atoms with E-state index in [4.69, 9.17) is 4.74 Å². The number of carbonyl (C=O) groups is 1. The van der Waals surface area contributed by atoms with Crippen LogP contribution in [0.4, 0.5) is 0 Å². The van der Waals surface area contributed by atoms with E-state index >= 15 is 0 Å². The molecule has 0 aliphatic carbocycles. The number of pyridine rings is 1. The maximum Gasteiger partial charge on any atom is 0.246 e. The number of hydrogen-bond donors (Lipinski definition) is 0. The minimum absolute atomic E-state index is 0.0212.